The predicted octanol–water partition coefficient (Wildman–Crippen LogP) is 5.53. The third-order valence-electron chi connectivity index (χ3n) is 4.55. The van der Waals surface area contributed by atoms with Crippen LogP contribution >= 0.6 is 0 Å². The normalized spacial score (nSPS) is 16.0. The molecule has 2 rings (SSSR count). The Morgan fingerprint density at radius 3 is 2.73 bits per heavy atom. The van der Waals surface area contributed by atoms with Gasteiger partial charge in [-0.1, -0.05) is 57.6 Å². The second-order valence-electron chi connectivity index (χ2n) is 6.82. The van der Waals surface area contributed by atoms with Crippen molar-refractivity contribution < 1.29 is 0 Å². The summed E-state index contributed by atoms with van der Waals surface area (Å²) in [7, 11) is 0. The maximum Gasteiger partial charge on any atom is 0.100 e. The van der Waals surface area contributed by atoms with Crippen molar-refractivity contribution in [3.8, 4) is 0 Å². The number of hydrogen-bond donors (Lipinski definition) is 2. The van der Waals surface area contributed by atoms with Gasteiger partial charge in [-0.15, -0.1) is 0 Å². The summed E-state index contributed by atoms with van der Waals surface area (Å²) < 4.78 is 0. The molecule has 0 amide bonds. The molecule has 138 valence electrons. The summed E-state index contributed by atoms with van der Waals surface area (Å²) in [4.78, 5) is 4.35. The summed E-state index contributed by atoms with van der Waals surface area (Å²) in [6.07, 6.45) is 17.7. The van der Waals surface area contributed by atoms with Crippen LogP contribution in [0.4, 0.5) is 0 Å². The van der Waals surface area contributed by atoms with Gasteiger partial charge < -0.3 is 10.6 Å². The van der Waals surface area contributed by atoms with Gasteiger partial charge in [-0.3, -0.25) is 4.98 Å². The van der Waals surface area contributed by atoms with Crippen LogP contribution in [-0.4, -0.2) is 4.98 Å². The first-order valence-corrected chi connectivity index (χ1v) is 9.42. The van der Waals surface area contributed by atoms with Gasteiger partial charge in [-0.05, 0) is 50.0 Å². The van der Waals surface area contributed by atoms with Crippen LogP contribution in [-0.2, 0) is 0 Å². The number of allylic oxidation sites excluding steroid dienone is 5. The van der Waals surface area contributed by atoms with Crippen LogP contribution in [0, 0.1) is 19.8 Å². The van der Waals surface area contributed by atoms with Crippen LogP contribution in [0.3, 0.4) is 0 Å². The smallest absolute Gasteiger partial charge is 0.100 e. The van der Waals surface area contributed by atoms with Gasteiger partial charge in [-0.2, -0.15) is 0 Å². The summed E-state index contributed by atoms with van der Waals surface area (Å²) in [5.41, 5.74) is 4.97. The molecule has 1 atom stereocenters. The molecule has 1 heterocycles. The Kier molecular flexibility index (Phi) is 7.46. The summed E-state index contributed by atoms with van der Waals surface area (Å²) >= 11 is 0. The Morgan fingerprint density at radius 1 is 1.19 bits per heavy atom. The molecule has 1 aliphatic carbocycles. The van der Waals surface area contributed by atoms with Crippen molar-refractivity contribution in [2.75, 3.05) is 0 Å². The molecule has 1 aliphatic rings. The standard InChI is InChI=1S/C23H31N3/c1-6-7-8-10-21-11-9-12-22(14-13-21)26-20(5)25-19(4)23-17(2)15-16-24-18(23)3/h9,11-16,21,25-26H,4-8,10H2,1-3H3. The van der Waals surface area contributed by atoms with E-state index in [-0.39, 0.29) is 0 Å². The lowest BCUT2D eigenvalue weighted by molar-refractivity contribution is 0.611. The lowest BCUT2D eigenvalue weighted by Crippen LogP contribution is -2.23. The second-order valence-corrected chi connectivity index (χ2v) is 6.82. The van der Waals surface area contributed by atoms with Gasteiger partial charge in [0.15, 0.2) is 0 Å². The predicted molar refractivity (Wildman–Crippen MR) is 112 cm³/mol. The fourth-order valence-corrected chi connectivity index (χ4v) is 3.16. The molecule has 3 heteroatoms. The summed E-state index contributed by atoms with van der Waals surface area (Å²) in [6.45, 7) is 14.5. The van der Waals surface area contributed by atoms with E-state index in [1.807, 2.05) is 19.2 Å². The Balaban J connectivity index is 1.92. The number of pyridine rings is 1. The molecule has 0 saturated carbocycles. The lowest BCUT2D eigenvalue weighted by Gasteiger charge is -2.17. The largest absolute Gasteiger partial charge is 0.342 e. The monoisotopic (exact) mass is 349 g/mol. The van der Waals surface area contributed by atoms with Crippen LogP contribution in [0.2, 0.25) is 0 Å². The molecule has 1 aromatic heterocycles. The molecule has 0 saturated heterocycles. The molecule has 0 bridgehead atoms. The van der Waals surface area contributed by atoms with Crippen LogP contribution in [0.1, 0.15) is 49.4 Å². The van der Waals surface area contributed by atoms with E-state index in [0.29, 0.717) is 11.7 Å². The number of rotatable bonds is 9. The van der Waals surface area contributed by atoms with E-state index in [1.165, 1.54) is 25.7 Å². The van der Waals surface area contributed by atoms with E-state index < -0.39 is 0 Å². The third-order valence-corrected chi connectivity index (χ3v) is 4.55. The average Bonchev–Trinajstić information content (AvgIpc) is 2.80. The van der Waals surface area contributed by atoms with Crippen LogP contribution in [0.5, 0.6) is 0 Å². The van der Waals surface area contributed by atoms with Crippen molar-refractivity contribution in [1.82, 2.24) is 15.6 Å². The number of aryl methyl sites for hydroxylation is 2. The minimum atomic E-state index is 0.508. The fraction of sp³-hybridized carbons (Fsp3) is 0.348. The zero-order chi connectivity index (χ0) is 18.9. The zero-order valence-corrected chi connectivity index (χ0v) is 16.3. The molecule has 1 unspecified atom stereocenters. The Hall–Kier alpha value is -2.55. The highest BCUT2D eigenvalue weighted by Gasteiger charge is 2.09. The first kappa shape index (κ1) is 19.8. The minimum absolute atomic E-state index is 0.508. The summed E-state index contributed by atoms with van der Waals surface area (Å²) in [5, 5.41) is 6.58. The first-order chi connectivity index (χ1) is 12.5. The maximum absolute atomic E-state index is 4.35. The van der Waals surface area contributed by atoms with Gasteiger partial charge in [0.1, 0.15) is 5.82 Å². The third kappa shape index (κ3) is 5.76. The van der Waals surface area contributed by atoms with Gasteiger partial charge in [0.2, 0.25) is 0 Å². The molecule has 1 aromatic rings. The molecule has 2 N–H and O–H groups in total. The Morgan fingerprint density at radius 2 is 2.00 bits per heavy atom. The fourth-order valence-electron chi connectivity index (χ4n) is 3.16. The van der Waals surface area contributed by atoms with Crippen molar-refractivity contribution in [3.05, 3.63) is 84.1 Å². The average molecular weight is 350 g/mol. The molecule has 0 aromatic carbocycles. The zero-order valence-electron chi connectivity index (χ0n) is 16.3. The molecule has 0 aliphatic heterocycles. The lowest BCUT2D eigenvalue weighted by atomic mass is 10.0. The SMILES string of the molecule is C=C(NC(=C)c1c(C)ccnc1C)NC1=CC=CC(CCCCC)C=C1. The number of aromatic nitrogens is 1. The van der Waals surface area contributed by atoms with Gasteiger partial charge in [-0.25, -0.2) is 0 Å². The summed E-state index contributed by atoms with van der Waals surface area (Å²) in [6, 6.07) is 1.99. The number of nitrogens with one attached hydrogen (secondary N) is 2. The molecular formula is C23H31N3. The molecule has 0 spiro atoms. The van der Waals surface area contributed by atoms with Crippen molar-refractivity contribution in [2.45, 2.75) is 46.5 Å². The maximum atomic E-state index is 4.35. The van der Waals surface area contributed by atoms with Crippen molar-refractivity contribution in [1.29, 1.82) is 0 Å². The van der Waals surface area contributed by atoms with Gasteiger partial charge in [0.05, 0.1) is 0 Å². The van der Waals surface area contributed by atoms with E-state index in [2.05, 4.69) is 73.0 Å². The van der Waals surface area contributed by atoms with E-state index in [4.69, 9.17) is 0 Å². The van der Waals surface area contributed by atoms with Crippen molar-refractivity contribution in [3.63, 3.8) is 0 Å². The van der Waals surface area contributed by atoms with Crippen LogP contribution in [0.25, 0.3) is 5.70 Å². The molecule has 3 nitrogen and oxygen atoms in total. The second kappa shape index (κ2) is 9.81. The van der Waals surface area contributed by atoms with Crippen molar-refractivity contribution in [2.24, 2.45) is 5.92 Å². The van der Waals surface area contributed by atoms with E-state index in [1.54, 1.807) is 0 Å². The van der Waals surface area contributed by atoms with E-state index >= 15 is 0 Å². The minimum Gasteiger partial charge on any atom is -0.342 e. The molecule has 26 heavy (non-hydrogen) atoms. The first-order valence-electron chi connectivity index (χ1n) is 9.42. The van der Waals surface area contributed by atoms with E-state index in [9.17, 15) is 0 Å². The Labute approximate surface area is 158 Å². The highest BCUT2D eigenvalue weighted by atomic mass is 15.1. The Bertz CT molecular complexity index is 718. The molecular weight excluding hydrogens is 318 g/mol. The van der Waals surface area contributed by atoms with Gasteiger partial charge >= 0.3 is 0 Å². The molecule has 0 radical (unpaired) electrons. The van der Waals surface area contributed by atoms with Gasteiger partial charge in [0.25, 0.3) is 0 Å². The number of hydrogen-bond acceptors (Lipinski definition) is 3. The van der Waals surface area contributed by atoms with Crippen LogP contribution in [0.15, 0.2) is 67.3 Å². The van der Waals surface area contributed by atoms with Crippen molar-refractivity contribution >= 4 is 5.70 Å². The highest BCUT2D eigenvalue weighted by molar-refractivity contribution is 5.67. The number of nitrogens with zero attached hydrogens (tertiary/aromatic N) is 1. The number of unbranched alkanes of at least 4 members (excludes halogenated alkanes) is 2. The summed E-state index contributed by atoms with van der Waals surface area (Å²) in [5.74, 6) is 1.21. The van der Waals surface area contributed by atoms with E-state index in [0.717, 1.165) is 28.2 Å². The van der Waals surface area contributed by atoms with Gasteiger partial charge in [0, 0.05) is 28.8 Å². The van der Waals surface area contributed by atoms with Crippen LogP contribution < -0.4 is 10.6 Å². The molecule has 0 fully saturated rings. The highest BCUT2D eigenvalue weighted by Crippen LogP contribution is 2.19. The topological polar surface area (TPSA) is 37.0 Å². The quantitative estimate of drug-likeness (QED) is 0.576.